The summed E-state index contributed by atoms with van der Waals surface area (Å²) in [5, 5.41) is 15.8. The molecule has 0 bridgehead atoms. The smallest absolute Gasteiger partial charge is 0.151 e. The summed E-state index contributed by atoms with van der Waals surface area (Å²) < 4.78 is 0. The standard InChI is InChI=1S/C3H8O2.H3N/c1-2-3(4)5;/h3-5H,2H2,1H3;1H3. The number of rotatable bonds is 1. The fourth-order valence-corrected chi connectivity index (χ4v) is 0. The molecule has 0 aliphatic rings. The molecule has 0 aromatic carbocycles. The zero-order chi connectivity index (χ0) is 4.28. The molecule has 0 fully saturated rings. The summed E-state index contributed by atoms with van der Waals surface area (Å²) in [5.41, 5.74) is 0. The topological polar surface area (TPSA) is 75.5 Å². The van der Waals surface area contributed by atoms with Gasteiger partial charge in [0.1, 0.15) is 0 Å². The number of hydrogen-bond donors (Lipinski definition) is 3. The Morgan fingerprint density at radius 3 is 1.67 bits per heavy atom. The maximum absolute atomic E-state index is 7.92. The molecule has 3 heteroatoms. The minimum Gasteiger partial charge on any atom is -0.368 e. The summed E-state index contributed by atoms with van der Waals surface area (Å²) in [7, 11) is 0. The molecule has 0 aliphatic heterocycles. The summed E-state index contributed by atoms with van der Waals surface area (Å²) in [6, 6.07) is 0. The van der Waals surface area contributed by atoms with Gasteiger partial charge in [-0.2, -0.15) is 0 Å². The summed E-state index contributed by atoms with van der Waals surface area (Å²) in [4.78, 5) is 0. The van der Waals surface area contributed by atoms with Crippen molar-refractivity contribution in [3.05, 3.63) is 0 Å². The molecular formula is C3H11NO2. The van der Waals surface area contributed by atoms with Gasteiger partial charge < -0.3 is 16.4 Å². The summed E-state index contributed by atoms with van der Waals surface area (Å²) in [6.07, 6.45) is -0.699. The van der Waals surface area contributed by atoms with Gasteiger partial charge in [0.25, 0.3) is 0 Å². The number of hydrogen-bond acceptors (Lipinski definition) is 3. The van der Waals surface area contributed by atoms with E-state index in [1.165, 1.54) is 0 Å². The highest BCUT2D eigenvalue weighted by Crippen LogP contribution is 1.77. The Balaban J connectivity index is 0. The largest absolute Gasteiger partial charge is 0.368 e. The van der Waals surface area contributed by atoms with E-state index in [9.17, 15) is 0 Å². The first-order chi connectivity index (χ1) is 2.27. The predicted molar refractivity (Wildman–Crippen MR) is 23.5 cm³/mol. The van der Waals surface area contributed by atoms with Crippen molar-refractivity contribution in [3.8, 4) is 0 Å². The van der Waals surface area contributed by atoms with Gasteiger partial charge in [-0.3, -0.25) is 0 Å². The molecule has 0 aliphatic carbocycles. The van der Waals surface area contributed by atoms with E-state index in [-0.39, 0.29) is 6.15 Å². The lowest BCUT2D eigenvalue weighted by Crippen LogP contribution is -1.99. The van der Waals surface area contributed by atoms with Crippen LogP contribution in [0.1, 0.15) is 13.3 Å². The first-order valence-corrected chi connectivity index (χ1v) is 1.63. The number of aliphatic hydroxyl groups is 2. The molecule has 0 aromatic heterocycles. The van der Waals surface area contributed by atoms with Crippen molar-refractivity contribution in [1.29, 1.82) is 0 Å². The second-order valence-electron chi connectivity index (χ2n) is 0.889. The SMILES string of the molecule is CCC(O)O.N. The zero-order valence-corrected chi connectivity index (χ0v) is 3.89. The fourth-order valence-electron chi connectivity index (χ4n) is 0. The van der Waals surface area contributed by atoms with Crippen LogP contribution in [0, 0.1) is 0 Å². The van der Waals surface area contributed by atoms with Crippen LogP contribution in [0.5, 0.6) is 0 Å². The lowest BCUT2D eigenvalue weighted by Gasteiger charge is -1.90. The first-order valence-electron chi connectivity index (χ1n) is 1.63. The van der Waals surface area contributed by atoms with Gasteiger partial charge in [-0.15, -0.1) is 0 Å². The highest BCUT2D eigenvalue weighted by Gasteiger charge is 1.83. The molecule has 0 radical (unpaired) electrons. The summed E-state index contributed by atoms with van der Waals surface area (Å²) >= 11 is 0. The van der Waals surface area contributed by atoms with Gasteiger partial charge in [-0.1, -0.05) is 6.92 Å². The van der Waals surface area contributed by atoms with Crippen LogP contribution in [0.25, 0.3) is 0 Å². The van der Waals surface area contributed by atoms with Crippen LogP contribution in [-0.4, -0.2) is 16.5 Å². The van der Waals surface area contributed by atoms with Crippen LogP contribution >= 0.6 is 0 Å². The van der Waals surface area contributed by atoms with Gasteiger partial charge in [0.15, 0.2) is 6.29 Å². The zero-order valence-electron chi connectivity index (χ0n) is 3.89. The third kappa shape index (κ3) is 9.11. The molecule has 0 amide bonds. The second-order valence-corrected chi connectivity index (χ2v) is 0.889. The molecule has 0 spiro atoms. The average molecular weight is 93.1 g/mol. The molecule has 5 N–H and O–H groups in total. The van der Waals surface area contributed by atoms with Crippen molar-refractivity contribution >= 4 is 0 Å². The minimum absolute atomic E-state index is 0. The molecule has 0 aromatic rings. The second kappa shape index (κ2) is 4.88. The van der Waals surface area contributed by atoms with E-state index in [1.54, 1.807) is 6.92 Å². The Hall–Kier alpha value is -0.120. The molecule has 6 heavy (non-hydrogen) atoms. The molecule has 40 valence electrons. The van der Waals surface area contributed by atoms with Crippen molar-refractivity contribution in [1.82, 2.24) is 6.15 Å². The summed E-state index contributed by atoms with van der Waals surface area (Å²) in [5.74, 6) is 0. The third-order valence-corrected chi connectivity index (χ3v) is 0.365. The van der Waals surface area contributed by atoms with Gasteiger partial charge in [-0.05, 0) is 6.42 Å². The van der Waals surface area contributed by atoms with Crippen LogP contribution < -0.4 is 6.15 Å². The van der Waals surface area contributed by atoms with Crippen LogP contribution in [0.4, 0.5) is 0 Å². The predicted octanol–water partition coefficient (Wildman–Crippen LogP) is -0.131. The van der Waals surface area contributed by atoms with E-state index in [4.69, 9.17) is 10.2 Å². The molecular weight excluding hydrogens is 82.0 g/mol. The lowest BCUT2D eigenvalue weighted by molar-refractivity contribution is -0.0413. The number of aliphatic hydroxyl groups excluding tert-OH is 1. The molecule has 0 atom stereocenters. The van der Waals surface area contributed by atoms with Crippen LogP contribution in [-0.2, 0) is 0 Å². The van der Waals surface area contributed by atoms with E-state index in [0.717, 1.165) is 0 Å². The van der Waals surface area contributed by atoms with E-state index in [2.05, 4.69) is 0 Å². The summed E-state index contributed by atoms with van der Waals surface area (Å²) in [6.45, 7) is 1.70. The van der Waals surface area contributed by atoms with Gasteiger partial charge in [-0.25, -0.2) is 0 Å². The lowest BCUT2D eigenvalue weighted by atomic mass is 10.5. The van der Waals surface area contributed by atoms with Gasteiger partial charge >= 0.3 is 0 Å². The molecule has 3 nitrogen and oxygen atoms in total. The van der Waals surface area contributed by atoms with Crippen LogP contribution in [0.3, 0.4) is 0 Å². The third-order valence-electron chi connectivity index (χ3n) is 0.365. The minimum atomic E-state index is -1.12. The maximum atomic E-state index is 7.92. The Morgan fingerprint density at radius 2 is 1.67 bits per heavy atom. The Bertz CT molecular complexity index is 22.8. The fraction of sp³-hybridized carbons (Fsp3) is 1.00. The maximum Gasteiger partial charge on any atom is 0.151 e. The van der Waals surface area contributed by atoms with E-state index < -0.39 is 6.29 Å². The van der Waals surface area contributed by atoms with E-state index in [0.29, 0.717) is 6.42 Å². The van der Waals surface area contributed by atoms with E-state index >= 15 is 0 Å². The molecule has 0 rings (SSSR count). The molecule has 0 unspecified atom stereocenters. The van der Waals surface area contributed by atoms with Crippen molar-refractivity contribution < 1.29 is 10.2 Å². The molecule has 0 saturated heterocycles. The average Bonchev–Trinajstić information content (AvgIpc) is 1.38. The van der Waals surface area contributed by atoms with Crippen molar-refractivity contribution in [3.63, 3.8) is 0 Å². The highest BCUT2D eigenvalue weighted by atomic mass is 16.5. The quantitative estimate of drug-likeness (QED) is 0.395. The van der Waals surface area contributed by atoms with Crippen molar-refractivity contribution in [2.45, 2.75) is 19.6 Å². The van der Waals surface area contributed by atoms with Gasteiger partial charge in [0, 0.05) is 0 Å². The van der Waals surface area contributed by atoms with Gasteiger partial charge in [0.05, 0.1) is 0 Å². The van der Waals surface area contributed by atoms with Crippen LogP contribution in [0.15, 0.2) is 0 Å². The van der Waals surface area contributed by atoms with E-state index in [1.807, 2.05) is 0 Å². The van der Waals surface area contributed by atoms with Gasteiger partial charge in [0.2, 0.25) is 0 Å². The van der Waals surface area contributed by atoms with Crippen molar-refractivity contribution in [2.24, 2.45) is 0 Å². The monoisotopic (exact) mass is 93.1 g/mol. The first kappa shape index (κ1) is 9.30. The van der Waals surface area contributed by atoms with Crippen molar-refractivity contribution in [2.75, 3.05) is 0 Å². The Kier molecular flexibility index (Phi) is 7.57. The Labute approximate surface area is 37.2 Å². The van der Waals surface area contributed by atoms with Crippen LogP contribution in [0.2, 0.25) is 0 Å². The highest BCUT2D eigenvalue weighted by molar-refractivity contribution is 4.21. The molecule has 0 saturated carbocycles. The normalized spacial score (nSPS) is 8.00. The molecule has 0 heterocycles. The Morgan fingerprint density at radius 1 is 1.50 bits per heavy atom.